The summed E-state index contributed by atoms with van der Waals surface area (Å²) in [4.78, 5) is 6.94. The summed E-state index contributed by atoms with van der Waals surface area (Å²) in [7, 11) is 0. The average molecular weight is 513 g/mol. The first kappa shape index (κ1) is 22.6. The summed E-state index contributed by atoms with van der Waals surface area (Å²) >= 11 is 0. The van der Waals surface area contributed by atoms with Gasteiger partial charge in [0.2, 0.25) is 0 Å². The number of hydrogen-bond acceptors (Lipinski definition) is 3. The maximum absolute atomic E-state index is 6.48. The van der Waals surface area contributed by atoms with E-state index in [1.807, 2.05) is 36.7 Å². The van der Waals surface area contributed by atoms with E-state index in [0.717, 1.165) is 39.0 Å². The maximum Gasteiger partial charge on any atom is 0.162 e. The molecule has 0 amide bonds. The van der Waals surface area contributed by atoms with E-state index in [2.05, 4.69) is 119 Å². The topological polar surface area (TPSA) is 29.3 Å². The number of fused-ring (bicyclic) bond motifs is 6. The van der Waals surface area contributed by atoms with Gasteiger partial charge >= 0.3 is 0 Å². The summed E-state index contributed by atoms with van der Waals surface area (Å²) < 4.78 is 6.48. The van der Waals surface area contributed by atoms with Gasteiger partial charge in [-0.3, -0.25) is 4.98 Å². The molecule has 2 aromatic heterocycles. The second kappa shape index (κ2) is 9.11. The standard InChI is InChI=1S/C37H24N2O/c1-2-8-25(9-3-1)26-16-19-29(20-17-26)39(35-24-38-23-34-32-12-6-7-13-36(32)40-37(34)35)30-21-18-28-15-14-27-10-4-5-11-31(27)33(28)22-30/h1-24H. The molecule has 3 nitrogen and oxygen atoms in total. The molecule has 3 heteroatoms. The van der Waals surface area contributed by atoms with Crippen molar-refractivity contribution in [3.05, 3.63) is 146 Å². The molecule has 0 aliphatic rings. The highest BCUT2D eigenvalue weighted by Gasteiger charge is 2.20. The van der Waals surface area contributed by atoms with Gasteiger partial charge in [-0.1, -0.05) is 103 Å². The zero-order valence-electron chi connectivity index (χ0n) is 21.7. The Hall–Kier alpha value is -5.41. The molecule has 40 heavy (non-hydrogen) atoms. The van der Waals surface area contributed by atoms with Gasteiger partial charge in [-0.2, -0.15) is 0 Å². The minimum absolute atomic E-state index is 0.821. The fourth-order valence-electron chi connectivity index (χ4n) is 5.77. The minimum atomic E-state index is 0.821. The van der Waals surface area contributed by atoms with Gasteiger partial charge in [0.1, 0.15) is 11.3 Å². The molecule has 188 valence electrons. The number of furan rings is 1. The van der Waals surface area contributed by atoms with Crippen LogP contribution in [0.3, 0.4) is 0 Å². The van der Waals surface area contributed by atoms with E-state index < -0.39 is 0 Å². The zero-order valence-corrected chi connectivity index (χ0v) is 21.7. The summed E-state index contributed by atoms with van der Waals surface area (Å²) in [6, 6.07) is 47.0. The fraction of sp³-hybridized carbons (Fsp3) is 0. The maximum atomic E-state index is 6.48. The molecule has 0 fully saturated rings. The summed E-state index contributed by atoms with van der Waals surface area (Å²) in [6.45, 7) is 0. The Morgan fingerprint density at radius 1 is 0.475 bits per heavy atom. The van der Waals surface area contributed by atoms with Crippen LogP contribution in [0.5, 0.6) is 0 Å². The van der Waals surface area contributed by atoms with Gasteiger partial charge in [-0.05, 0) is 63.0 Å². The molecule has 0 spiro atoms. The van der Waals surface area contributed by atoms with Crippen molar-refractivity contribution >= 4 is 60.5 Å². The zero-order chi connectivity index (χ0) is 26.5. The predicted molar refractivity (Wildman–Crippen MR) is 167 cm³/mol. The van der Waals surface area contributed by atoms with Crippen LogP contribution >= 0.6 is 0 Å². The number of aromatic nitrogens is 1. The van der Waals surface area contributed by atoms with Gasteiger partial charge in [-0.15, -0.1) is 0 Å². The monoisotopic (exact) mass is 512 g/mol. The van der Waals surface area contributed by atoms with Gasteiger partial charge in [-0.25, -0.2) is 0 Å². The van der Waals surface area contributed by atoms with E-state index in [9.17, 15) is 0 Å². The third-order valence-corrected chi connectivity index (χ3v) is 7.73. The Labute approximate surface area is 231 Å². The highest BCUT2D eigenvalue weighted by Crippen LogP contribution is 2.43. The number of para-hydroxylation sites is 1. The van der Waals surface area contributed by atoms with Crippen LogP contribution in [0.1, 0.15) is 0 Å². The first-order valence-electron chi connectivity index (χ1n) is 13.5. The van der Waals surface area contributed by atoms with E-state index in [4.69, 9.17) is 4.42 Å². The number of hydrogen-bond donors (Lipinski definition) is 0. The molecule has 0 aliphatic carbocycles. The quantitative estimate of drug-likeness (QED) is 0.220. The Morgan fingerprint density at radius 3 is 1.98 bits per heavy atom. The van der Waals surface area contributed by atoms with Crippen molar-refractivity contribution in [3.8, 4) is 11.1 Å². The molecule has 0 radical (unpaired) electrons. The third-order valence-electron chi connectivity index (χ3n) is 7.73. The first-order valence-corrected chi connectivity index (χ1v) is 13.5. The van der Waals surface area contributed by atoms with E-state index in [1.54, 1.807) is 0 Å². The van der Waals surface area contributed by atoms with Crippen LogP contribution in [0.15, 0.2) is 150 Å². The summed E-state index contributed by atoms with van der Waals surface area (Å²) in [5.41, 5.74) is 7.03. The Bertz CT molecular complexity index is 2160. The van der Waals surface area contributed by atoms with Gasteiger partial charge in [0.05, 0.1) is 6.20 Å². The van der Waals surface area contributed by atoms with Crippen LogP contribution in [-0.4, -0.2) is 4.98 Å². The molecule has 8 aromatic rings. The molecule has 8 rings (SSSR count). The van der Waals surface area contributed by atoms with E-state index >= 15 is 0 Å². The number of pyridine rings is 1. The number of benzene rings is 6. The Kier molecular flexibility index (Phi) is 5.14. The molecule has 0 aliphatic heterocycles. The number of nitrogens with zero attached hydrogens (tertiary/aromatic N) is 2. The lowest BCUT2D eigenvalue weighted by molar-refractivity contribution is 0.668. The highest BCUT2D eigenvalue weighted by atomic mass is 16.3. The molecule has 0 N–H and O–H groups in total. The molecule has 0 unspecified atom stereocenters. The van der Waals surface area contributed by atoms with Crippen molar-refractivity contribution in [3.63, 3.8) is 0 Å². The Balaban J connectivity index is 1.38. The molecule has 0 saturated heterocycles. The lowest BCUT2D eigenvalue weighted by Crippen LogP contribution is -2.10. The van der Waals surface area contributed by atoms with Gasteiger partial charge < -0.3 is 9.32 Å². The smallest absolute Gasteiger partial charge is 0.162 e. The summed E-state index contributed by atoms with van der Waals surface area (Å²) in [5, 5.41) is 6.96. The second-order valence-electron chi connectivity index (χ2n) is 10.1. The first-order chi connectivity index (χ1) is 19.8. The molecule has 0 atom stereocenters. The lowest BCUT2D eigenvalue weighted by Gasteiger charge is -2.26. The van der Waals surface area contributed by atoms with E-state index in [1.165, 1.54) is 32.7 Å². The normalized spacial score (nSPS) is 11.5. The molecule has 0 saturated carbocycles. The number of anilines is 3. The van der Waals surface area contributed by atoms with Crippen molar-refractivity contribution in [1.29, 1.82) is 0 Å². The van der Waals surface area contributed by atoms with Crippen LogP contribution in [-0.2, 0) is 0 Å². The van der Waals surface area contributed by atoms with Crippen molar-refractivity contribution in [2.24, 2.45) is 0 Å². The van der Waals surface area contributed by atoms with Crippen LogP contribution in [0.2, 0.25) is 0 Å². The van der Waals surface area contributed by atoms with Crippen molar-refractivity contribution in [1.82, 2.24) is 4.98 Å². The van der Waals surface area contributed by atoms with E-state index in [0.29, 0.717) is 0 Å². The highest BCUT2D eigenvalue weighted by molar-refractivity contribution is 6.11. The van der Waals surface area contributed by atoms with Crippen molar-refractivity contribution in [2.45, 2.75) is 0 Å². The summed E-state index contributed by atoms with van der Waals surface area (Å²) in [6.07, 6.45) is 3.80. The van der Waals surface area contributed by atoms with Crippen molar-refractivity contribution < 1.29 is 4.42 Å². The van der Waals surface area contributed by atoms with Crippen LogP contribution in [0.4, 0.5) is 17.1 Å². The van der Waals surface area contributed by atoms with Crippen LogP contribution in [0, 0.1) is 0 Å². The van der Waals surface area contributed by atoms with Crippen molar-refractivity contribution in [2.75, 3.05) is 4.90 Å². The molecule has 2 heterocycles. The fourth-order valence-corrected chi connectivity index (χ4v) is 5.77. The predicted octanol–water partition coefficient (Wildman–Crippen LogP) is 10.4. The minimum Gasteiger partial charge on any atom is -0.454 e. The van der Waals surface area contributed by atoms with Crippen LogP contribution in [0.25, 0.3) is 54.6 Å². The molecule has 0 bridgehead atoms. The SMILES string of the molecule is c1ccc(-c2ccc(N(c3ccc4ccc5ccccc5c4c3)c3cncc4c3oc3ccccc34)cc2)cc1. The molecular formula is C37H24N2O. The van der Waals surface area contributed by atoms with Gasteiger partial charge in [0, 0.05) is 28.3 Å². The third kappa shape index (κ3) is 3.63. The molecular weight excluding hydrogens is 488 g/mol. The van der Waals surface area contributed by atoms with Crippen LogP contribution < -0.4 is 4.90 Å². The van der Waals surface area contributed by atoms with Gasteiger partial charge in [0.15, 0.2) is 5.58 Å². The number of rotatable bonds is 4. The lowest BCUT2D eigenvalue weighted by atomic mass is 10.0. The average Bonchev–Trinajstić information content (AvgIpc) is 3.41. The largest absolute Gasteiger partial charge is 0.454 e. The van der Waals surface area contributed by atoms with E-state index in [-0.39, 0.29) is 0 Å². The van der Waals surface area contributed by atoms with Gasteiger partial charge in [0.25, 0.3) is 0 Å². The summed E-state index contributed by atoms with van der Waals surface area (Å²) in [5.74, 6) is 0. The Morgan fingerprint density at radius 2 is 1.12 bits per heavy atom. The molecule has 6 aromatic carbocycles. The second-order valence-corrected chi connectivity index (χ2v) is 10.1.